The fraction of sp³-hybridized carbons (Fsp3) is 0.500. The van der Waals surface area contributed by atoms with E-state index in [4.69, 9.17) is 14.0 Å². The molecule has 2 aliphatic heterocycles. The van der Waals surface area contributed by atoms with Crippen molar-refractivity contribution in [2.75, 3.05) is 31.6 Å². The van der Waals surface area contributed by atoms with E-state index in [2.05, 4.69) is 14.9 Å². The molecule has 0 bridgehead atoms. The number of amides is 1. The zero-order valence-corrected chi connectivity index (χ0v) is 18.8. The smallest absolute Gasteiger partial charge is 0.481 e. The minimum atomic E-state index is -0.461. The first-order valence-corrected chi connectivity index (χ1v) is 10.5. The second-order valence-electron chi connectivity index (χ2n) is 9.00. The zero-order chi connectivity index (χ0) is 22.2. The lowest BCUT2D eigenvalue weighted by Gasteiger charge is -2.33. The molecule has 0 atom stereocenters. The molecule has 0 aliphatic carbocycles. The number of ether oxygens (including phenoxy) is 1. The van der Waals surface area contributed by atoms with E-state index in [-0.39, 0.29) is 5.91 Å². The van der Waals surface area contributed by atoms with Crippen LogP contribution in [-0.4, -0.2) is 65.8 Å². The highest BCUT2D eigenvalue weighted by Crippen LogP contribution is 2.36. The Morgan fingerprint density at radius 2 is 1.77 bits per heavy atom. The molecule has 2 aliphatic rings. The molecule has 4 rings (SSSR count). The van der Waals surface area contributed by atoms with Crippen LogP contribution in [0.3, 0.4) is 0 Å². The summed E-state index contributed by atoms with van der Waals surface area (Å²) in [6, 6.07) is 7.59. The fourth-order valence-corrected chi connectivity index (χ4v) is 3.66. The monoisotopic (exact) mass is 424 g/mol. The molecule has 0 aromatic carbocycles. The average molecular weight is 424 g/mol. The summed E-state index contributed by atoms with van der Waals surface area (Å²) < 4.78 is 17.3. The van der Waals surface area contributed by atoms with E-state index in [9.17, 15) is 4.79 Å². The molecule has 2 saturated heterocycles. The largest absolute Gasteiger partial charge is 0.496 e. The zero-order valence-electron chi connectivity index (χ0n) is 18.8. The van der Waals surface area contributed by atoms with Gasteiger partial charge in [-0.3, -0.25) is 14.6 Å². The maximum absolute atomic E-state index is 12.8. The first kappa shape index (κ1) is 21.7. The molecule has 0 unspecified atom stereocenters. The molecule has 164 valence electrons. The van der Waals surface area contributed by atoms with Crippen molar-refractivity contribution in [3.05, 3.63) is 42.2 Å². The number of hydrogen-bond acceptors (Lipinski definition) is 7. The third-order valence-corrected chi connectivity index (χ3v) is 6.29. The van der Waals surface area contributed by atoms with Gasteiger partial charge in [-0.05, 0) is 39.3 Å². The van der Waals surface area contributed by atoms with Gasteiger partial charge >= 0.3 is 7.12 Å². The molecule has 9 heteroatoms. The summed E-state index contributed by atoms with van der Waals surface area (Å²) in [6.07, 6.45) is 3.52. The molecular formula is C22H29BN4O4. The second kappa shape index (κ2) is 8.22. The van der Waals surface area contributed by atoms with Crippen molar-refractivity contribution in [1.29, 1.82) is 0 Å². The van der Waals surface area contributed by atoms with Crippen LogP contribution in [0.4, 0.5) is 5.82 Å². The SMILES string of the molecule is COc1ccc(CN2CCN(c3ccc(B4OC(C)(C)C(C)(C)O4)cn3)C(=O)C2)cn1. The van der Waals surface area contributed by atoms with Crippen molar-refractivity contribution in [2.45, 2.75) is 45.4 Å². The molecule has 0 spiro atoms. The van der Waals surface area contributed by atoms with Crippen molar-refractivity contribution >= 4 is 24.3 Å². The Labute approximate surface area is 183 Å². The van der Waals surface area contributed by atoms with Crippen molar-refractivity contribution in [1.82, 2.24) is 14.9 Å². The van der Waals surface area contributed by atoms with E-state index in [1.165, 1.54) is 0 Å². The number of methoxy groups -OCH3 is 1. The van der Waals surface area contributed by atoms with Gasteiger partial charge < -0.3 is 14.0 Å². The topological polar surface area (TPSA) is 77.0 Å². The number of carbonyl (C=O) groups is 1. The minimum Gasteiger partial charge on any atom is -0.481 e. The van der Waals surface area contributed by atoms with Crippen LogP contribution in [0.2, 0.25) is 0 Å². The minimum absolute atomic E-state index is 0.0311. The number of anilines is 1. The van der Waals surface area contributed by atoms with Crippen LogP contribution in [0.1, 0.15) is 33.3 Å². The van der Waals surface area contributed by atoms with E-state index in [1.54, 1.807) is 24.4 Å². The lowest BCUT2D eigenvalue weighted by Crippen LogP contribution is -2.50. The van der Waals surface area contributed by atoms with Gasteiger partial charge in [0.1, 0.15) is 5.82 Å². The maximum atomic E-state index is 12.8. The summed E-state index contributed by atoms with van der Waals surface area (Å²) in [5, 5.41) is 0. The van der Waals surface area contributed by atoms with Gasteiger partial charge in [-0.2, -0.15) is 0 Å². The average Bonchev–Trinajstić information content (AvgIpc) is 2.96. The highest BCUT2D eigenvalue weighted by atomic mass is 16.7. The molecule has 2 aromatic rings. The Kier molecular flexibility index (Phi) is 5.76. The lowest BCUT2D eigenvalue weighted by molar-refractivity contribution is -0.121. The predicted octanol–water partition coefficient (Wildman–Crippen LogP) is 1.63. The predicted molar refractivity (Wildman–Crippen MR) is 118 cm³/mol. The van der Waals surface area contributed by atoms with Crippen LogP contribution < -0.4 is 15.1 Å². The summed E-state index contributed by atoms with van der Waals surface area (Å²) in [7, 11) is 1.13. The fourth-order valence-electron chi connectivity index (χ4n) is 3.66. The van der Waals surface area contributed by atoms with Crippen molar-refractivity contribution < 1.29 is 18.8 Å². The number of nitrogens with zero attached hydrogens (tertiary/aromatic N) is 4. The van der Waals surface area contributed by atoms with Gasteiger partial charge in [0, 0.05) is 43.6 Å². The molecule has 0 saturated carbocycles. The Morgan fingerprint density at radius 3 is 2.32 bits per heavy atom. The van der Waals surface area contributed by atoms with Gasteiger partial charge in [0.15, 0.2) is 0 Å². The number of carbonyl (C=O) groups excluding carboxylic acids is 1. The van der Waals surface area contributed by atoms with Crippen LogP contribution in [0.25, 0.3) is 0 Å². The number of piperazine rings is 1. The van der Waals surface area contributed by atoms with E-state index < -0.39 is 18.3 Å². The summed E-state index contributed by atoms with van der Waals surface area (Å²) in [5.41, 5.74) is 1.09. The molecule has 0 N–H and O–H groups in total. The Bertz CT molecular complexity index is 918. The molecule has 4 heterocycles. The summed E-state index contributed by atoms with van der Waals surface area (Å²) in [4.78, 5) is 25.4. The number of hydrogen-bond donors (Lipinski definition) is 0. The number of rotatable bonds is 5. The van der Waals surface area contributed by atoms with Gasteiger partial charge in [-0.15, -0.1) is 0 Å². The van der Waals surface area contributed by atoms with Crippen LogP contribution >= 0.6 is 0 Å². The Balaban J connectivity index is 1.37. The molecule has 1 amide bonds. The Hall–Kier alpha value is -2.49. The first-order chi connectivity index (χ1) is 14.7. The summed E-state index contributed by atoms with van der Waals surface area (Å²) in [6.45, 7) is 10.5. The second-order valence-corrected chi connectivity index (χ2v) is 9.00. The molecular weight excluding hydrogens is 395 g/mol. The molecule has 0 radical (unpaired) electrons. The number of aromatic nitrogens is 2. The van der Waals surface area contributed by atoms with E-state index in [0.29, 0.717) is 31.3 Å². The van der Waals surface area contributed by atoms with E-state index >= 15 is 0 Å². The third kappa shape index (κ3) is 4.44. The molecule has 8 nitrogen and oxygen atoms in total. The van der Waals surface area contributed by atoms with Crippen LogP contribution in [-0.2, 0) is 20.6 Å². The normalized spacial score (nSPS) is 20.9. The molecule has 2 fully saturated rings. The summed E-state index contributed by atoms with van der Waals surface area (Å²) >= 11 is 0. The van der Waals surface area contributed by atoms with Crippen LogP contribution in [0, 0.1) is 0 Å². The number of pyridine rings is 2. The quantitative estimate of drug-likeness (QED) is 0.676. The van der Waals surface area contributed by atoms with Crippen molar-refractivity contribution in [2.24, 2.45) is 0 Å². The van der Waals surface area contributed by atoms with Gasteiger partial charge in [0.25, 0.3) is 0 Å². The first-order valence-electron chi connectivity index (χ1n) is 10.5. The van der Waals surface area contributed by atoms with Crippen LogP contribution in [0.5, 0.6) is 5.88 Å². The summed E-state index contributed by atoms with van der Waals surface area (Å²) in [5.74, 6) is 1.26. The third-order valence-electron chi connectivity index (χ3n) is 6.29. The standard InChI is InChI=1S/C22H29BN4O4/c1-21(2)22(3,4)31-23(30-21)17-7-8-18(24-13-17)27-11-10-26(15-20(27)28)14-16-6-9-19(29-5)25-12-16/h6-9,12-13H,10-11,14-15H2,1-5H3. The highest BCUT2D eigenvalue weighted by Gasteiger charge is 2.51. The Morgan fingerprint density at radius 1 is 1.03 bits per heavy atom. The van der Waals surface area contributed by atoms with Crippen molar-refractivity contribution in [3.63, 3.8) is 0 Å². The molecule has 2 aromatic heterocycles. The van der Waals surface area contributed by atoms with E-state index in [0.717, 1.165) is 17.6 Å². The van der Waals surface area contributed by atoms with Gasteiger partial charge in [0.05, 0.1) is 24.9 Å². The molecule has 31 heavy (non-hydrogen) atoms. The van der Waals surface area contributed by atoms with Gasteiger partial charge in [0.2, 0.25) is 11.8 Å². The van der Waals surface area contributed by atoms with Crippen molar-refractivity contribution in [3.8, 4) is 5.88 Å². The van der Waals surface area contributed by atoms with E-state index in [1.807, 2.05) is 52.0 Å². The highest BCUT2D eigenvalue weighted by molar-refractivity contribution is 6.62. The van der Waals surface area contributed by atoms with Gasteiger partial charge in [-0.1, -0.05) is 12.1 Å². The maximum Gasteiger partial charge on any atom is 0.496 e. The lowest BCUT2D eigenvalue weighted by atomic mass is 9.80. The van der Waals surface area contributed by atoms with Crippen LogP contribution in [0.15, 0.2) is 36.7 Å². The van der Waals surface area contributed by atoms with Gasteiger partial charge in [-0.25, -0.2) is 9.97 Å².